The number of ketones is 1. The maximum absolute atomic E-state index is 13.5. The van der Waals surface area contributed by atoms with Gasteiger partial charge in [-0.25, -0.2) is 5.01 Å². The maximum atomic E-state index is 13.5. The molecule has 172 valence electrons. The van der Waals surface area contributed by atoms with Crippen molar-refractivity contribution < 1.29 is 19.2 Å². The summed E-state index contributed by atoms with van der Waals surface area (Å²) < 4.78 is 0. The molecule has 2 aromatic carbocycles. The number of hydrogen-bond donors (Lipinski definition) is 0. The molecule has 6 nitrogen and oxygen atoms in total. The number of benzene rings is 2. The SMILES string of the molecule is C[C@@H]1CC[C@H]2C(=O)N(N(CC(=O)c3ccc(Cl)cc3)C(=O)c3ccc(Cl)c(Cl)c3)C(=O)[C@H]2C1. The molecule has 2 fully saturated rings. The third kappa shape index (κ3) is 4.65. The van der Waals surface area contributed by atoms with Crippen molar-refractivity contribution in [3.63, 3.8) is 0 Å². The summed E-state index contributed by atoms with van der Waals surface area (Å²) in [7, 11) is 0. The molecule has 1 saturated carbocycles. The van der Waals surface area contributed by atoms with Crippen LogP contribution in [0.3, 0.4) is 0 Å². The molecule has 9 heteroatoms. The topological polar surface area (TPSA) is 74.8 Å². The van der Waals surface area contributed by atoms with Crippen LogP contribution >= 0.6 is 34.8 Å². The van der Waals surface area contributed by atoms with Crippen LogP contribution in [-0.4, -0.2) is 40.1 Å². The summed E-state index contributed by atoms with van der Waals surface area (Å²) in [5.74, 6) is -2.70. The molecule has 0 radical (unpaired) electrons. The Hall–Kier alpha value is -2.41. The van der Waals surface area contributed by atoms with Crippen LogP contribution in [0.4, 0.5) is 0 Å². The molecular formula is C24H21Cl3N2O4. The number of carbonyl (C=O) groups is 4. The van der Waals surface area contributed by atoms with Gasteiger partial charge >= 0.3 is 0 Å². The maximum Gasteiger partial charge on any atom is 0.273 e. The number of hydrazine groups is 1. The van der Waals surface area contributed by atoms with E-state index in [9.17, 15) is 19.2 Å². The molecule has 3 atom stereocenters. The minimum atomic E-state index is -0.690. The molecule has 1 heterocycles. The average molecular weight is 508 g/mol. The molecule has 1 aliphatic carbocycles. The monoisotopic (exact) mass is 506 g/mol. The number of hydrogen-bond acceptors (Lipinski definition) is 4. The van der Waals surface area contributed by atoms with E-state index in [1.807, 2.05) is 6.92 Å². The molecule has 1 aliphatic heterocycles. The second-order valence-corrected chi connectivity index (χ2v) is 9.79. The van der Waals surface area contributed by atoms with Gasteiger partial charge in [0, 0.05) is 16.1 Å². The molecule has 0 spiro atoms. The molecule has 1 saturated heterocycles. The smallest absolute Gasteiger partial charge is 0.273 e. The Morgan fingerprint density at radius 2 is 1.55 bits per heavy atom. The molecule has 0 bridgehead atoms. The zero-order valence-electron chi connectivity index (χ0n) is 17.8. The summed E-state index contributed by atoms with van der Waals surface area (Å²) in [6, 6.07) is 10.4. The van der Waals surface area contributed by atoms with E-state index < -0.39 is 41.9 Å². The standard InChI is InChI=1S/C24H21Cl3N2O4/c1-13-2-8-17-18(10-13)24(33)29(23(17)32)28(12-21(30)14-3-6-16(25)7-4-14)22(31)15-5-9-19(26)20(27)11-15/h3-7,9,11,13,17-18H,2,8,10,12H2,1H3/t13-,17-,18+/m1/s1. The van der Waals surface area contributed by atoms with Crippen molar-refractivity contribution in [2.45, 2.75) is 26.2 Å². The Morgan fingerprint density at radius 3 is 2.21 bits per heavy atom. The van der Waals surface area contributed by atoms with Gasteiger partial charge in [0.25, 0.3) is 17.7 Å². The zero-order chi connectivity index (χ0) is 23.9. The molecule has 0 unspecified atom stereocenters. The van der Waals surface area contributed by atoms with Gasteiger partial charge in [-0.15, -0.1) is 0 Å². The summed E-state index contributed by atoms with van der Waals surface area (Å²) in [5, 5.41) is 2.66. The predicted octanol–water partition coefficient (Wildman–Crippen LogP) is 5.31. The van der Waals surface area contributed by atoms with Crippen molar-refractivity contribution in [1.29, 1.82) is 0 Å². The van der Waals surface area contributed by atoms with Crippen LogP contribution in [0.25, 0.3) is 0 Å². The third-order valence-electron chi connectivity index (χ3n) is 6.27. The largest absolute Gasteiger partial charge is 0.292 e. The highest BCUT2D eigenvalue weighted by atomic mass is 35.5. The van der Waals surface area contributed by atoms with Gasteiger partial charge in [-0.3, -0.25) is 19.2 Å². The lowest BCUT2D eigenvalue weighted by molar-refractivity contribution is -0.154. The summed E-state index contributed by atoms with van der Waals surface area (Å²) in [5.41, 5.74) is 0.411. The van der Waals surface area contributed by atoms with Crippen LogP contribution in [0.15, 0.2) is 42.5 Å². The van der Waals surface area contributed by atoms with Crippen molar-refractivity contribution in [2.75, 3.05) is 6.54 Å². The molecule has 0 aromatic heterocycles. The first kappa shape index (κ1) is 23.7. The highest BCUT2D eigenvalue weighted by molar-refractivity contribution is 6.42. The Balaban J connectivity index is 1.70. The van der Waals surface area contributed by atoms with Gasteiger partial charge in [0.1, 0.15) is 6.54 Å². The Bertz CT molecular complexity index is 1140. The summed E-state index contributed by atoms with van der Waals surface area (Å²) in [6.07, 6.45) is 1.98. The van der Waals surface area contributed by atoms with Gasteiger partial charge in [0.2, 0.25) is 0 Å². The summed E-state index contributed by atoms with van der Waals surface area (Å²) in [6.45, 7) is 1.55. The minimum absolute atomic E-state index is 0.108. The lowest BCUT2D eigenvalue weighted by atomic mass is 9.76. The number of fused-ring (bicyclic) bond motifs is 1. The lowest BCUT2D eigenvalue weighted by Crippen LogP contribution is -2.52. The Labute approximate surface area is 206 Å². The van der Waals surface area contributed by atoms with Gasteiger partial charge < -0.3 is 0 Å². The fourth-order valence-electron chi connectivity index (χ4n) is 4.48. The quantitative estimate of drug-likeness (QED) is 0.406. The second kappa shape index (κ2) is 9.45. The normalized spacial score (nSPS) is 22.3. The first-order valence-corrected chi connectivity index (χ1v) is 11.7. The molecule has 2 aliphatic rings. The van der Waals surface area contributed by atoms with Gasteiger partial charge in [-0.1, -0.05) is 41.7 Å². The molecule has 33 heavy (non-hydrogen) atoms. The number of amides is 3. The summed E-state index contributed by atoms with van der Waals surface area (Å²) >= 11 is 18.0. The predicted molar refractivity (Wildman–Crippen MR) is 125 cm³/mol. The number of nitrogens with zero attached hydrogens (tertiary/aromatic N) is 2. The second-order valence-electron chi connectivity index (χ2n) is 8.54. The molecule has 3 amide bonds. The highest BCUT2D eigenvalue weighted by Crippen LogP contribution is 2.41. The zero-order valence-corrected chi connectivity index (χ0v) is 20.0. The van der Waals surface area contributed by atoms with E-state index in [1.54, 1.807) is 12.1 Å². The first-order chi connectivity index (χ1) is 15.7. The third-order valence-corrected chi connectivity index (χ3v) is 7.26. The number of carbonyl (C=O) groups excluding carboxylic acids is 4. The van der Waals surface area contributed by atoms with Crippen LogP contribution in [0, 0.1) is 17.8 Å². The van der Waals surface area contributed by atoms with Gasteiger partial charge in [-0.2, -0.15) is 5.01 Å². The van der Waals surface area contributed by atoms with Crippen molar-refractivity contribution in [3.8, 4) is 0 Å². The number of halogens is 3. The molecular weight excluding hydrogens is 487 g/mol. The molecule has 4 rings (SSSR count). The molecule has 2 aromatic rings. The van der Waals surface area contributed by atoms with Gasteiger partial charge in [0.15, 0.2) is 5.78 Å². The van der Waals surface area contributed by atoms with E-state index in [4.69, 9.17) is 34.8 Å². The highest BCUT2D eigenvalue weighted by Gasteiger charge is 2.52. The van der Waals surface area contributed by atoms with Crippen LogP contribution in [-0.2, 0) is 9.59 Å². The Kier molecular flexibility index (Phi) is 6.80. The van der Waals surface area contributed by atoms with E-state index in [-0.39, 0.29) is 15.6 Å². The van der Waals surface area contributed by atoms with Gasteiger partial charge in [0.05, 0.1) is 21.9 Å². The van der Waals surface area contributed by atoms with E-state index in [0.29, 0.717) is 29.3 Å². The van der Waals surface area contributed by atoms with Crippen LogP contribution in [0.5, 0.6) is 0 Å². The van der Waals surface area contributed by atoms with Crippen LogP contribution < -0.4 is 0 Å². The number of imide groups is 1. The summed E-state index contributed by atoms with van der Waals surface area (Å²) in [4.78, 5) is 53.1. The minimum Gasteiger partial charge on any atom is -0.292 e. The van der Waals surface area contributed by atoms with E-state index in [0.717, 1.165) is 16.4 Å². The van der Waals surface area contributed by atoms with Crippen molar-refractivity contribution >= 4 is 58.3 Å². The number of rotatable bonds is 5. The van der Waals surface area contributed by atoms with Crippen LogP contribution in [0.1, 0.15) is 46.9 Å². The van der Waals surface area contributed by atoms with E-state index in [2.05, 4.69) is 0 Å². The Morgan fingerprint density at radius 1 is 0.909 bits per heavy atom. The van der Waals surface area contributed by atoms with Crippen LogP contribution in [0.2, 0.25) is 15.1 Å². The van der Waals surface area contributed by atoms with Gasteiger partial charge in [-0.05, 0) is 67.6 Å². The number of Topliss-reactive ketones (excluding diaryl/α,β-unsaturated/α-hetero) is 1. The fraction of sp³-hybridized carbons (Fsp3) is 0.333. The molecule has 0 N–H and O–H groups in total. The van der Waals surface area contributed by atoms with Crippen molar-refractivity contribution in [1.82, 2.24) is 10.0 Å². The first-order valence-electron chi connectivity index (χ1n) is 10.6. The van der Waals surface area contributed by atoms with Crippen molar-refractivity contribution in [2.24, 2.45) is 17.8 Å². The lowest BCUT2D eigenvalue weighted by Gasteiger charge is -2.30. The van der Waals surface area contributed by atoms with Crippen molar-refractivity contribution in [3.05, 3.63) is 68.7 Å². The average Bonchev–Trinajstić information content (AvgIpc) is 3.03. The fourth-order valence-corrected chi connectivity index (χ4v) is 4.91. The van der Waals surface area contributed by atoms with E-state index >= 15 is 0 Å². The van der Waals surface area contributed by atoms with E-state index in [1.165, 1.54) is 30.3 Å².